The summed E-state index contributed by atoms with van der Waals surface area (Å²) >= 11 is 15.2. The molecule has 0 fully saturated rings. The van der Waals surface area contributed by atoms with Crippen LogP contribution in [0.3, 0.4) is 0 Å². The molecule has 0 saturated heterocycles. The van der Waals surface area contributed by atoms with E-state index in [9.17, 15) is 9.59 Å². The van der Waals surface area contributed by atoms with E-state index in [1.54, 1.807) is 47.2 Å². The number of halogens is 3. The average molecular weight is 426 g/mol. The monoisotopic (exact) mass is 424 g/mol. The van der Waals surface area contributed by atoms with E-state index < -0.39 is 0 Å². The van der Waals surface area contributed by atoms with E-state index in [0.717, 1.165) is 4.47 Å². The molecule has 0 aliphatic carbocycles. The Morgan fingerprint density at radius 2 is 1.79 bits per heavy atom. The molecule has 1 amide bonds. The van der Waals surface area contributed by atoms with Gasteiger partial charge in [-0.25, -0.2) is 0 Å². The predicted molar refractivity (Wildman–Crippen MR) is 101 cm³/mol. The van der Waals surface area contributed by atoms with Gasteiger partial charge >= 0.3 is 0 Å². The van der Waals surface area contributed by atoms with Gasteiger partial charge in [-0.05, 0) is 36.4 Å². The molecule has 3 rings (SSSR count). The van der Waals surface area contributed by atoms with Crippen molar-refractivity contribution < 1.29 is 4.79 Å². The molecule has 1 N–H and O–H groups in total. The van der Waals surface area contributed by atoms with Crippen LogP contribution in [0.2, 0.25) is 10.0 Å². The molecule has 0 atom stereocenters. The van der Waals surface area contributed by atoms with E-state index in [1.165, 1.54) is 6.07 Å². The van der Waals surface area contributed by atoms with Crippen molar-refractivity contribution in [2.24, 2.45) is 0 Å². The molecule has 3 aromatic rings. The van der Waals surface area contributed by atoms with E-state index >= 15 is 0 Å². The lowest BCUT2D eigenvalue weighted by Gasteiger charge is -2.12. The van der Waals surface area contributed by atoms with Gasteiger partial charge < -0.3 is 9.88 Å². The standard InChI is InChI=1S/C17H11BrCl2N2O2/c18-10-1-2-14-15(5-10)22(4-3-16(14)23)9-17(24)21-13-7-11(19)6-12(20)8-13/h1-8H,9H2,(H,21,24). The Labute approximate surface area is 156 Å². The number of nitrogens with one attached hydrogen (secondary N) is 1. The topological polar surface area (TPSA) is 51.1 Å². The van der Waals surface area contributed by atoms with Crippen LogP contribution in [0.15, 0.2) is 57.9 Å². The average Bonchev–Trinajstić information content (AvgIpc) is 2.49. The van der Waals surface area contributed by atoms with Crippen LogP contribution < -0.4 is 10.7 Å². The molecule has 0 aliphatic rings. The lowest BCUT2D eigenvalue weighted by atomic mass is 10.2. The number of hydrogen-bond acceptors (Lipinski definition) is 2. The maximum absolute atomic E-state index is 12.3. The predicted octanol–water partition coefficient (Wildman–Crippen LogP) is 4.71. The number of nitrogens with zero attached hydrogens (tertiary/aromatic N) is 1. The third-order valence-corrected chi connectivity index (χ3v) is 4.33. The lowest BCUT2D eigenvalue weighted by molar-refractivity contribution is -0.116. The normalized spacial score (nSPS) is 10.8. The zero-order valence-electron chi connectivity index (χ0n) is 12.2. The number of benzene rings is 2. The summed E-state index contributed by atoms with van der Waals surface area (Å²) in [6.07, 6.45) is 1.60. The number of carbonyl (C=O) groups excluding carboxylic acids is 1. The molecule has 4 nitrogen and oxygen atoms in total. The highest BCUT2D eigenvalue weighted by molar-refractivity contribution is 9.10. The number of anilines is 1. The van der Waals surface area contributed by atoms with E-state index in [4.69, 9.17) is 23.2 Å². The summed E-state index contributed by atoms with van der Waals surface area (Å²) in [5.41, 5.74) is 1.11. The van der Waals surface area contributed by atoms with Gasteiger partial charge in [-0.1, -0.05) is 39.1 Å². The molecule has 0 aliphatic heterocycles. The minimum atomic E-state index is -0.252. The fraction of sp³-hybridized carbons (Fsp3) is 0.0588. The molecule has 1 aromatic heterocycles. The highest BCUT2D eigenvalue weighted by Crippen LogP contribution is 2.22. The minimum absolute atomic E-state index is 0.0529. The van der Waals surface area contributed by atoms with Crippen LogP contribution in [0.4, 0.5) is 5.69 Å². The van der Waals surface area contributed by atoms with Gasteiger partial charge in [-0.3, -0.25) is 9.59 Å². The second kappa shape index (κ2) is 6.97. The summed E-state index contributed by atoms with van der Waals surface area (Å²) in [7, 11) is 0. The van der Waals surface area contributed by atoms with Gasteiger partial charge in [-0.15, -0.1) is 0 Å². The fourth-order valence-electron chi connectivity index (χ4n) is 2.40. The third kappa shape index (κ3) is 3.80. The van der Waals surface area contributed by atoms with Crippen molar-refractivity contribution in [3.05, 3.63) is 73.4 Å². The SMILES string of the molecule is O=C(Cn1ccc(=O)c2ccc(Br)cc21)Nc1cc(Cl)cc(Cl)c1. The third-order valence-electron chi connectivity index (χ3n) is 3.40. The number of carbonyl (C=O) groups is 1. The molecule has 0 bridgehead atoms. The Bertz CT molecular complexity index is 981. The molecule has 0 spiro atoms. The van der Waals surface area contributed by atoms with Crippen molar-refractivity contribution in [1.29, 1.82) is 0 Å². The number of fused-ring (bicyclic) bond motifs is 1. The van der Waals surface area contributed by atoms with Crippen LogP contribution in [0.25, 0.3) is 10.9 Å². The smallest absolute Gasteiger partial charge is 0.244 e. The molecular formula is C17H11BrCl2N2O2. The van der Waals surface area contributed by atoms with Crippen molar-refractivity contribution in [2.45, 2.75) is 6.54 Å². The Morgan fingerprint density at radius 1 is 1.08 bits per heavy atom. The summed E-state index contributed by atoms with van der Waals surface area (Å²) < 4.78 is 2.54. The van der Waals surface area contributed by atoms with E-state index in [0.29, 0.717) is 26.6 Å². The molecule has 1 heterocycles. The van der Waals surface area contributed by atoms with Gasteiger partial charge in [-0.2, -0.15) is 0 Å². The summed E-state index contributed by atoms with van der Waals surface area (Å²) in [6.45, 7) is 0.0529. The zero-order chi connectivity index (χ0) is 17.3. The molecule has 0 radical (unpaired) electrons. The zero-order valence-corrected chi connectivity index (χ0v) is 15.3. The molecule has 7 heteroatoms. The molecular weight excluding hydrogens is 415 g/mol. The van der Waals surface area contributed by atoms with Gasteiger partial charge in [0.05, 0.1) is 5.52 Å². The van der Waals surface area contributed by atoms with Gasteiger partial charge in [0.2, 0.25) is 5.91 Å². The van der Waals surface area contributed by atoms with Gasteiger partial charge in [0.25, 0.3) is 0 Å². The fourth-order valence-corrected chi connectivity index (χ4v) is 3.27. The van der Waals surface area contributed by atoms with Crippen LogP contribution in [-0.4, -0.2) is 10.5 Å². The number of rotatable bonds is 3. The number of amides is 1. The number of aromatic nitrogens is 1. The van der Waals surface area contributed by atoms with Crippen LogP contribution >= 0.6 is 39.1 Å². The van der Waals surface area contributed by atoms with E-state index in [-0.39, 0.29) is 17.9 Å². The second-order valence-corrected chi connectivity index (χ2v) is 6.96. The first-order chi connectivity index (χ1) is 11.4. The Hall–Kier alpha value is -1.82. The molecule has 2 aromatic carbocycles. The largest absolute Gasteiger partial charge is 0.338 e. The maximum Gasteiger partial charge on any atom is 0.244 e. The molecule has 0 unspecified atom stereocenters. The maximum atomic E-state index is 12.3. The van der Waals surface area contributed by atoms with Crippen molar-refractivity contribution in [1.82, 2.24) is 4.57 Å². The first kappa shape index (κ1) is 17.0. The minimum Gasteiger partial charge on any atom is -0.338 e. The summed E-state index contributed by atoms with van der Waals surface area (Å²) in [6, 6.07) is 11.6. The summed E-state index contributed by atoms with van der Waals surface area (Å²) in [5.74, 6) is -0.252. The van der Waals surface area contributed by atoms with Crippen LogP contribution in [0.5, 0.6) is 0 Å². The Morgan fingerprint density at radius 3 is 2.50 bits per heavy atom. The Balaban J connectivity index is 1.89. The Kier molecular flexibility index (Phi) is 4.94. The summed E-state index contributed by atoms with van der Waals surface area (Å²) in [5, 5.41) is 4.18. The number of hydrogen-bond donors (Lipinski definition) is 1. The van der Waals surface area contributed by atoms with Crippen LogP contribution in [0.1, 0.15) is 0 Å². The van der Waals surface area contributed by atoms with Crippen LogP contribution in [-0.2, 0) is 11.3 Å². The second-order valence-electron chi connectivity index (χ2n) is 5.18. The van der Waals surface area contributed by atoms with Crippen molar-refractivity contribution in [2.75, 3.05) is 5.32 Å². The first-order valence-electron chi connectivity index (χ1n) is 6.97. The molecule has 0 saturated carbocycles. The number of pyridine rings is 1. The van der Waals surface area contributed by atoms with Crippen molar-refractivity contribution in [3.8, 4) is 0 Å². The molecule has 122 valence electrons. The molecule has 24 heavy (non-hydrogen) atoms. The van der Waals surface area contributed by atoms with Gasteiger partial charge in [0.15, 0.2) is 5.43 Å². The quantitative estimate of drug-likeness (QED) is 0.660. The lowest BCUT2D eigenvalue weighted by Crippen LogP contribution is -2.20. The first-order valence-corrected chi connectivity index (χ1v) is 8.52. The van der Waals surface area contributed by atoms with E-state index in [1.807, 2.05) is 0 Å². The van der Waals surface area contributed by atoms with E-state index in [2.05, 4.69) is 21.2 Å². The van der Waals surface area contributed by atoms with Gasteiger partial charge in [0.1, 0.15) is 6.54 Å². The highest BCUT2D eigenvalue weighted by Gasteiger charge is 2.09. The highest BCUT2D eigenvalue weighted by atomic mass is 79.9. The summed E-state index contributed by atoms with van der Waals surface area (Å²) in [4.78, 5) is 24.2. The van der Waals surface area contributed by atoms with Gasteiger partial charge in [0, 0.05) is 37.9 Å². The van der Waals surface area contributed by atoms with Crippen molar-refractivity contribution in [3.63, 3.8) is 0 Å². The van der Waals surface area contributed by atoms with Crippen LogP contribution in [0, 0.1) is 0 Å². The van der Waals surface area contributed by atoms with Crippen molar-refractivity contribution >= 4 is 61.6 Å².